The van der Waals surface area contributed by atoms with Gasteiger partial charge in [0.15, 0.2) is 11.5 Å². The number of carbonyl (C=O) groups is 2. The molecule has 2 aromatic rings. The Morgan fingerprint density at radius 3 is 2.64 bits per heavy atom. The Hall–Kier alpha value is -3.02. The van der Waals surface area contributed by atoms with E-state index in [2.05, 4.69) is 0 Å². The van der Waals surface area contributed by atoms with E-state index >= 15 is 0 Å². The van der Waals surface area contributed by atoms with Gasteiger partial charge in [0, 0.05) is 26.2 Å². The molecule has 0 aliphatic carbocycles. The Morgan fingerprint density at radius 1 is 1.14 bits per heavy atom. The van der Waals surface area contributed by atoms with Gasteiger partial charge in [-0.15, -0.1) is 0 Å². The summed E-state index contributed by atoms with van der Waals surface area (Å²) in [6.45, 7) is 4.60. The first-order chi connectivity index (χ1) is 13.3. The normalized spacial score (nSPS) is 18.1. The van der Waals surface area contributed by atoms with Crippen molar-refractivity contribution in [3.63, 3.8) is 0 Å². The molecule has 0 radical (unpaired) electrons. The van der Waals surface area contributed by atoms with E-state index in [1.807, 2.05) is 57.3 Å². The number of hydrogen-bond acceptors (Lipinski definition) is 4. The molecule has 0 saturated carbocycles. The lowest BCUT2D eigenvalue weighted by Crippen LogP contribution is -2.49. The second-order valence-corrected chi connectivity index (χ2v) is 7.85. The maximum absolute atomic E-state index is 13.5. The highest BCUT2D eigenvalue weighted by atomic mass is 16.7. The zero-order valence-corrected chi connectivity index (χ0v) is 16.6. The van der Waals surface area contributed by atoms with Crippen LogP contribution in [0.15, 0.2) is 42.5 Å². The lowest BCUT2D eigenvalue weighted by Gasteiger charge is -2.40. The van der Waals surface area contributed by atoms with Crippen molar-refractivity contribution in [2.24, 2.45) is 0 Å². The van der Waals surface area contributed by atoms with E-state index in [9.17, 15) is 9.59 Å². The summed E-state index contributed by atoms with van der Waals surface area (Å²) in [6, 6.07) is 13.1. The van der Waals surface area contributed by atoms with E-state index in [0.717, 1.165) is 16.9 Å². The SMILES string of the molecule is CN1CC(C(=O)N(C)C(C)(C)c2ccc3c(c2)OCO3)c2ccccc2C1=O. The first-order valence-corrected chi connectivity index (χ1v) is 9.33. The number of hydrogen-bond donors (Lipinski definition) is 0. The standard InChI is InChI=1S/C22H24N2O4/c1-22(2,14-9-10-18-19(11-14)28-13-27-18)24(4)21(26)17-12-23(3)20(25)16-8-6-5-7-15(16)17/h5-11,17H,12-13H2,1-4H3. The van der Waals surface area contributed by atoms with Crippen LogP contribution in [0.3, 0.4) is 0 Å². The summed E-state index contributed by atoms with van der Waals surface area (Å²) in [4.78, 5) is 29.3. The third-order valence-corrected chi connectivity index (χ3v) is 5.92. The molecule has 4 rings (SSSR count). The third-order valence-electron chi connectivity index (χ3n) is 5.92. The fourth-order valence-corrected chi connectivity index (χ4v) is 3.85. The molecule has 6 heteroatoms. The van der Waals surface area contributed by atoms with Crippen molar-refractivity contribution < 1.29 is 19.1 Å². The fraction of sp³-hybridized carbons (Fsp3) is 0.364. The molecule has 0 aromatic heterocycles. The molecule has 0 fully saturated rings. The number of rotatable bonds is 3. The largest absolute Gasteiger partial charge is 0.454 e. The molecule has 28 heavy (non-hydrogen) atoms. The molecular weight excluding hydrogens is 356 g/mol. The van der Waals surface area contributed by atoms with Gasteiger partial charge in [-0.05, 0) is 43.2 Å². The van der Waals surface area contributed by atoms with Crippen LogP contribution in [0.4, 0.5) is 0 Å². The van der Waals surface area contributed by atoms with Crippen LogP contribution in [0, 0.1) is 0 Å². The molecule has 0 bridgehead atoms. The molecule has 2 aliphatic heterocycles. The van der Waals surface area contributed by atoms with Crippen molar-refractivity contribution in [3.05, 3.63) is 59.2 Å². The second kappa shape index (κ2) is 6.55. The van der Waals surface area contributed by atoms with Gasteiger partial charge in [0.05, 0.1) is 11.5 Å². The average molecular weight is 380 g/mol. The molecule has 146 valence electrons. The number of fused-ring (bicyclic) bond motifs is 2. The monoisotopic (exact) mass is 380 g/mol. The van der Waals surface area contributed by atoms with Crippen LogP contribution < -0.4 is 9.47 Å². The van der Waals surface area contributed by atoms with Gasteiger partial charge < -0.3 is 19.3 Å². The molecule has 2 aromatic carbocycles. The number of carbonyl (C=O) groups excluding carboxylic acids is 2. The molecule has 0 spiro atoms. The number of benzene rings is 2. The Labute approximate surface area is 164 Å². The Bertz CT molecular complexity index is 953. The number of nitrogens with zero attached hydrogens (tertiary/aromatic N) is 2. The maximum Gasteiger partial charge on any atom is 0.253 e. The lowest BCUT2D eigenvalue weighted by atomic mass is 9.86. The highest BCUT2D eigenvalue weighted by Crippen LogP contribution is 2.39. The van der Waals surface area contributed by atoms with Gasteiger partial charge in [-0.1, -0.05) is 24.3 Å². The average Bonchev–Trinajstić information content (AvgIpc) is 3.17. The first-order valence-electron chi connectivity index (χ1n) is 9.33. The zero-order chi connectivity index (χ0) is 20.1. The highest BCUT2D eigenvalue weighted by Gasteiger charge is 2.39. The van der Waals surface area contributed by atoms with Gasteiger partial charge in [0.25, 0.3) is 5.91 Å². The van der Waals surface area contributed by atoms with Crippen molar-refractivity contribution in [2.45, 2.75) is 25.3 Å². The first kappa shape index (κ1) is 18.3. The second-order valence-electron chi connectivity index (χ2n) is 7.85. The molecule has 0 N–H and O–H groups in total. The molecule has 2 amide bonds. The molecule has 1 unspecified atom stereocenters. The molecule has 6 nitrogen and oxygen atoms in total. The van der Waals surface area contributed by atoms with Gasteiger partial charge in [-0.3, -0.25) is 9.59 Å². The van der Waals surface area contributed by atoms with E-state index in [1.54, 1.807) is 22.9 Å². The van der Waals surface area contributed by atoms with Crippen molar-refractivity contribution in [3.8, 4) is 11.5 Å². The van der Waals surface area contributed by atoms with Gasteiger partial charge in [-0.2, -0.15) is 0 Å². The van der Waals surface area contributed by atoms with Gasteiger partial charge in [0.1, 0.15) is 0 Å². The summed E-state index contributed by atoms with van der Waals surface area (Å²) < 4.78 is 10.9. The minimum Gasteiger partial charge on any atom is -0.454 e. The van der Waals surface area contributed by atoms with Crippen LogP contribution in [0.1, 0.15) is 41.3 Å². The highest BCUT2D eigenvalue weighted by molar-refractivity contribution is 6.00. The Balaban J connectivity index is 1.66. The molecule has 1 atom stereocenters. The van der Waals surface area contributed by atoms with Crippen molar-refractivity contribution >= 4 is 11.8 Å². The predicted molar refractivity (Wildman–Crippen MR) is 105 cm³/mol. The topological polar surface area (TPSA) is 59.1 Å². The predicted octanol–water partition coefficient (Wildman–Crippen LogP) is 2.98. The van der Waals surface area contributed by atoms with Crippen LogP contribution in [0.2, 0.25) is 0 Å². The Kier molecular flexibility index (Phi) is 4.29. The Morgan fingerprint density at radius 2 is 1.86 bits per heavy atom. The van der Waals surface area contributed by atoms with E-state index < -0.39 is 11.5 Å². The maximum atomic E-state index is 13.5. The minimum atomic E-state index is -0.562. The number of ether oxygens (including phenoxy) is 2. The van der Waals surface area contributed by atoms with Crippen molar-refractivity contribution in [2.75, 3.05) is 27.4 Å². The smallest absolute Gasteiger partial charge is 0.253 e. The molecule has 2 heterocycles. The van der Waals surface area contributed by atoms with Crippen LogP contribution in [-0.2, 0) is 10.3 Å². The summed E-state index contributed by atoms with van der Waals surface area (Å²) in [5.74, 6) is 0.957. The van der Waals surface area contributed by atoms with Crippen LogP contribution in [0.5, 0.6) is 11.5 Å². The lowest BCUT2D eigenvalue weighted by molar-refractivity contribution is -0.137. The molecular formula is C22H24N2O4. The van der Waals surface area contributed by atoms with Crippen LogP contribution >= 0.6 is 0 Å². The zero-order valence-electron chi connectivity index (χ0n) is 16.6. The summed E-state index contributed by atoms with van der Waals surface area (Å²) in [6.07, 6.45) is 0. The molecule has 0 saturated heterocycles. The molecule has 2 aliphatic rings. The summed E-state index contributed by atoms with van der Waals surface area (Å²) >= 11 is 0. The van der Waals surface area contributed by atoms with Crippen LogP contribution in [-0.4, -0.2) is 49.0 Å². The summed E-state index contributed by atoms with van der Waals surface area (Å²) in [5, 5.41) is 0. The van der Waals surface area contributed by atoms with Crippen LogP contribution in [0.25, 0.3) is 0 Å². The van der Waals surface area contributed by atoms with E-state index in [1.165, 1.54) is 0 Å². The minimum absolute atomic E-state index is 0.0190. The van der Waals surface area contributed by atoms with Gasteiger partial charge in [-0.25, -0.2) is 0 Å². The quantitative estimate of drug-likeness (QED) is 0.821. The van der Waals surface area contributed by atoms with Crippen molar-refractivity contribution in [1.29, 1.82) is 0 Å². The number of amides is 2. The van der Waals surface area contributed by atoms with E-state index in [0.29, 0.717) is 17.9 Å². The van der Waals surface area contributed by atoms with Gasteiger partial charge >= 0.3 is 0 Å². The van der Waals surface area contributed by atoms with E-state index in [-0.39, 0.29) is 18.6 Å². The summed E-state index contributed by atoms with van der Waals surface area (Å²) in [7, 11) is 3.55. The fourth-order valence-electron chi connectivity index (χ4n) is 3.85. The third kappa shape index (κ3) is 2.80. The summed E-state index contributed by atoms with van der Waals surface area (Å²) in [5.41, 5.74) is 1.79. The van der Waals surface area contributed by atoms with Crippen molar-refractivity contribution in [1.82, 2.24) is 9.80 Å². The van der Waals surface area contributed by atoms with E-state index in [4.69, 9.17) is 9.47 Å². The number of likely N-dealkylation sites (N-methyl/N-ethyl adjacent to an activating group) is 2. The van der Waals surface area contributed by atoms with Gasteiger partial charge in [0.2, 0.25) is 12.7 Å².